The number of nitrogens with zero attached hydrogens (tertiary/aromatic N) is 2. The summed E-state index contributed by atoms with van der Waals surface area (Å²) in [4.78, 5) is 17.5. The topological polar surface area (TPSA) is 59.0 Å². The van der Waals surface area contributed by atoms with Crippen LogP contribution >= 0.6 is 34.5 Å². The molecule has 8 heteroatoms. The normalized spacial score (nSPS) is 14.7. The predicted octanol–water partition coefficient (Wildman–Crippen LogP) is 5.03. The minimum atomic E-state index is -0.118. The van der Waals surface area contributed by atoms with Gasteiger partial charge in [0, 0.05) is 34.8 Å². The van der Waals surface area contributed by atoms with Gasteiger partial charge < -0.3 is 15.2 Å². The Bertz CT molecular complexity index is 1080. The number of thiazole rings is 1. The fourth-order valence-electron chi connectivity index (χ4n) is 3.76. The second kappa shape index (κ2) is 7.91. The molecule has 29 heavy (non-hydrogen) atoms. The number of benzene rings is 1. The highest BCUT2D eigenvalue weighted by Gasteiger charge is 2.23. The van der Waals surface area contributed by atoms with Crippen molar-refractivity contribution >= 4 is 56.5 Å². The predicted molar refractivity (Wildman–Crippen MR) is 122 cm³/mol. The van der Waals surface area contributed by atoms with Gasteiger partial charge in [0.25, 0.3) is 0 Å². The van der Waals surface area contributed by atoms with Gasteiger partial charge in [0.2, 0.25) is 5.91 Å². The van der Waals surface area contributed by atoms with E-state index in [9.17, 15) is 4.79 Å². The highest BCUT2D eigenvalue weighted by Crippen LogP contribution is 2.37. The SMILES string of the molecule is CC(C)(C)c1csc(NC(=O)Cn2c3c(c4ccc(Cl)c(Cl)c42)CCNCC3)n1. The summed E-state index contributed by atoms with van der Waals surface area (Å²) >= 11 is 14.3. The lowest BCUT2D eigenvalue weighted by Crippen LogP contribution is -2.22. The first-order valence-corrected chi connectivity index (χ1v) is 11.3. The second-order valence-electron chi connectivity index (χ2n) is 8.36. The van der Waals surface area contributed by atoms with Crippen LogP contribution in [0.1, 0.15) is 37.7 Å². The maximum Gasteiger partial charge on any atom is 0.246 e. The molecule has 5 nitrogen and oxygen atoms in total. The summed E-state index contributed by atoms with van der Waals surface area (Å²) in [6.45, 7) is 8.28. The lowest BCUT2D eigenvalue weighted by Gasteiger charge is -2.14. The van der Waals surface area contributed by atoms with Crippen molar-refractivity contribution in [2.45, 2.75) is 45.6 Å². The number of carbonyl (C=O) groups excluding carboxylic acids is 1. The zero-order valence-electron chi connectivity index (χ0n) is 16.7. The first-order valence-electron chi connectivity index (χ1n) is 9.70. The Morgan fingerprint density at radius 1 is 1.28 bits per heavy atom. The molecule has 0 aliphatic carbocycles. The van der Waals surface area contributed by atoms with E-state index in [4.69, 9.17) is 23.2 Å². The molecule has 1 aliphatic heterocycles. The average molecular weight is 451 g/mol. The standard InChI is InChI=1S/C21H24Cl2N4OS/c1-21(2,3)16-11-29-20(25-16)26-17(28)10-27-15-7-9-24-8-6-12(15)13-4-5-14(22)18(23)19(13)27/h4-5,11,24H,6-10H2,1-3H3,(H,25,26,28). The van der Waals surface area contributed by atoms with E-state index in [2.05, 4.69) is 36.4 Å². The van der Waals surface area contributed by atoms with Crippen LogP contribution in [0.3, 0.4) is 0 Å². The van der Waals surface area contributed by atoms with Crippen LogP contribution in [-0.4, -0.2) is 28.5 Å². The zero-order chi connectivity index (χ0) is 20.8. The second-order valence-corrected chi connectivity index (χ2v) is 10.00. The van der Waals surface area contributed by atoms with Crippen molar-refractivity contribution in [2.75, 3.05) is 18.4 Å². The number of nitrogens with one attached hydrogen (secondary N) is 2. The lowest BCUT2D eigenvalue weighted by molar-refractivity contribution is -0.116. The molecule has 0 saturated carbocycles. The maximum atomic E-state index is 12.9. The summed E-state index contributed by atoms with van der Waals surface area (Å²) < 4.78 is 2.03. The number of anilines is 1. The smallest absolute Gasteiger partial charge is 0.246 e. The molecule has 0 fully saturated rings. The molecule has 0 radical (unpaired) electrons. The van der Waals surface area contributed by atoms with Gasteiger partial charge in [0.05, 0.1) is 21.3 Å². The van der Waals surface area contributed by atoms with Crippen LogP contribution in [0.2, 0.25) is 10.0 Å². The highest BCUT2D eigenvalue weighted by atomic mass is 35.5. The molecular weight excluding hydrogens is 427 g/mol. The first kappa shape index (κ1) is 20.7. The molecule has 0 saturated heterocycles. The molecule has 0 unspecified atom stereocenters. The van der Waals surface area contributed by atoms with E-state index in [0.717, 1.165) is 48.2 Å². The number of aromatic nitrogens is 2. The number of carbonyl (C=O) groups is 1. The van der Waals surface area contributed by atoms with Gasteiger partial charge in [0.15, 0.2) is 5.13 Å². The van der Waals surface area contributed by atoms with Crippen LogP contribution in [0.15, 0.2) is 17.5 Å². The Morgan fingerprint density at radius 2 is 2.03 bits per heavy atom. The molecule has 1 aliphatic rings. The van der Waals surface area contributed by atoms with Crippen LogP contribution in [0, 0.1) is 0 Å². The van der Waals surface area contributed by atoms with Crippen molar-refractivity contribution in [3.63, 3.8) is 0 Å². The summed E-state index contributed by atoms with van der Waals surface area (Å²) in [7, 11) is 0. The van der Waals surface area contributed by atoms with E-state index in [0.29, 0.717) is 15.2 Å². The van der Waals surface area contributed by atoms with Crippen molar-refractivity contribution < 1.29 is 4.79 Å². The molecule has 2 N–H and O–H groups in total. The van der Waals surface area contributed by atoms with Crippen molar-refractivity contribution in [3.05, 3.63) is 44.5 Å². The molecule has 3 heterocycles. The molecule has 0 bridgehead atoms. The number of amides is 1. The van der Waals surface area contributed by atoms with E-state index in [1.54, 1.807) is 0 Å². The fraction of sp³-hybridized carbons (Fsp3) is 0.429. The molecule has 1 aromatic carbocycles. The fourth-order valence-corrected chi connectivity index (χ4v) is 5.14. The number of halogens is 2. The van der Waals surface area contributed by atoms with Gasteiger partial charge in [-0.1, -0.05) is 50.0 Å². The summed E-state index contributed by atoms with van der Waals surface area (Å²) in [5, 5.41) is 11.1. The first-order chi connectivity index (χ1) is 13.8. The number of hydrogen-bond acceptors (Lipinski definition) is 4. The van der Waals surface area contributed by atoms with Crippen molar-refractivity contribution in [1.82, 2.24) is 14.9 Å². The van der Waals surface area contributed by atoms with Crippen LogP contribution in [0.5, 0.6) is 0 Å². The number of fused-ring (bicyclic) bond motifs is 3. The average Bonchev–Trinajstić information content (AvgIpc) is 3.13. The van der Waals surface area contributed by atoms with Crippen LogP contribution < -0.4 is 10.6 Å². The maximum absolute atomic E-state index is 12.9. The summed E-state index contributed by atoms with van der Waals surface area (Å²) in [5.74, 6) is -0.118. The largest absolute Gasteiger partial charge is 0.334 e. The number of hydrogen-bond donors (Lipinski definition) is 2. The Kier molecular flexibility index (Phi) is 5.64. The molecule has 4 rings (SSSR count). The Labute approximate surface area is 184 Å². The van der Waals surface area contributed by atoms with Crippen LogP contribution in [0.25, 0.3) is 10.9 Å². The third kappa shape index (κ3) is 4.04. The lowest BCUT2D eigenvalue weighted by atomic mass is 9.93. The van der Waals surface area contributed by atoms with E-state index < -0.39 is 0 Å². The molecule has 3 aromatic rings. The minimum Gasteiger partial charge on any atom is -0.334 e. The van der Waals surface area contributed by atoms with E-state index in [1.165, 1.54) is 16.9 Å². The molecule has 2 aromatic heterocycles. The van der Waals surface area contributed by atoms with Crippen molar-refractivity contribution in [3.8, 4) is 0 Å². The Balaban J connectivity index is 1.68. The van der Waals surface area contributed by atoms with Crippen molar-refractivity contribution in [1.29, 1.82) is 0 Å². The summed E-state index contributed by atoms with van der Waals surface area (Å²) in [6.07, 6.45) is 1.75. The highest BCUT2D eigenvalue weighted by molar-refractivity contribution is 7.13. The molecule has 1 amide bonds. The van der Waals surface area contributed by atoms with Gasteiger partial charge in [-0.25, -0.2) is 4.98 Å². The molecular formula is C21H24Cl2N4OS. The van der Waals surface area contributed by atoms with Crippen LogP contribution in [0.4, 0.5) is 5.13 Å². The van der Waals surface area contributed by atoms with Gasteiger partial charge in [-0.3, -0.25) is 4.79 Å². The number of rotatable bonds is 3. The third-order valence-corrected chi connectivity index (χ3v) is 6.80. The van der Waals surface area contributed by atoms with Gasteiger partial charge >= 0.3 is 0 Å². The zero-order valence-corrected chi connectivity index (χ0v) is 19.1. The van der Waals surface area contributed by atoms with Gasteiger partial charge in [-0.05, 0) is 24.6 Å². The van der Waals surface area contributed by atoms with Crippen molar-refractivity contribution in [2.24, 2.45) is 0 Å². The summed E-state index contributed by atoms with van der Waals surface area (Å²) in [6, 6.07) is 3.84. The molecule has 154 valence electrons. The Hall–Kier alpha value is -1.60. The minimum absolute atomic E-state index is 0.0509. The van der Waals surface area contributed by atoms with Gasteiger partial charge in [-0.15, -0.1) is 11.3 Å². The molecule has 0 atom stereocenters. The third-order valence-electron chi connectivity index (χ3n) is 5.25. The van der Waals surface area contributed by atoms with Gasteiger partial charge in [-0.2, -0.15) is 0 Å². The monoisotopic (exact) mass is 450 g/mol. The van der Waals surface area contributed by atoms with E-state index >= 15 is 0 Å². The summed E-state index contributed by atoms with van der Waals surface area (Å²) in [5.41, 5.74) is 4.17. The quantitative estimate of drug-likeness (QED) is 0.587. The van der Waals surface area contributed by atoms with Gasteiger partial charge in [0.1, 0.15) is 6.54 Å². The van der Waals surface area contributed by atoms with E-state index in [1.807, 2.05) is 22.1 Å². The van der Waals surface area contributed by atoms with Crippen LogP contribution in [-0.2, 0) is 29.6 Å². The Morgan fingerprint density at radius 3 is 2.76 bits per heavy atom. The van der Waals surface area contributed by atoms with E-state index in [-0.39, 0.29) is 17.9 Å². The molecule has 0 spiro atoms.